The minimum absolute atomic E-state index is 0.156. The first-order chi connectivity index (χ1) is 16.3. The van der Waals surface area contributed by atoms with E-state index in [-0.39, 0.29) is 13.2 Å². The van der Waals surface area contributed by atoms with E-state index in [0.29, 0.717) is 0 Å². The molecule has 3 unspecified atom stereocenters. The number of carbonyl (C=O) groups is 1. The molecule has 0 bridgehead atoms. The number of aliphatic hydroxyl groups is 2. The van der Waals surface area contributed by atoms with Crippen LogP contribution < -0.4 is 5.32 Å². The predicted molar refractivity (Wildman–Crippen MR) is 127 cm³/mol. The van der Waals surface area contributed by atoms with Crippen molar-refractivity contribution in [3.63, 3.8) is 0 Å². The fraction of sp³-hybridized carbons (Fsp3) is 0.435. The Labute approximate surface area is 212 Å². The van der Waals surface area contributed by atoms with Gasteiger partial charge in [-0.1, -0.05) is 95.5 Å². The maximum Gasteiger partial charge on any atom is 0.407 e. The Morgan fingerprint density at radius 1 is 0.941 bits per heavy atom. The van der Waals surface area contributed by atoms with Crippen molar-refractivity contribution < 1.29 is 34.0 Å². The molecule has 5 atom stereocenters. The third-order valence-electron chi connectivity index (χ3n) is 5.07. The van der Waals surface area contributed by atoms with Gasteiger partial charge in [-0.2, -0.15) is 0 Å². The molecular formula is C23H26Cl3NO7. The third kappa shape index (κ3) is 8.25. The zero-order valence-electron chi connectivity index (χ0n) is 18.1. The van der Waals surface area contributed by atoms with E-state index in [4.69, 9.17) is 53.8 Å². The lowest BCUT2D eigenvalue weighted by Gasteiger charge is -2.44. The minimum atomic E-state index is -1.80. The summed E-state index contributed by atoms with van der Waals surface area (Å²) in [4.78, 5) is 12.3. The standard InChI is InChI=1S/C23H26Cl3NO7/c24-23(25,26)14-33-22(30)27-18-20(32-13-16-9-5-2-6-10-16)19(17(11-28)34-21(18)29)31-12-15-7-3-1-4-8-15/h1-10,17-21,28-29H,11-14H2,(H,27,30)/t17?,18?,19-,20?,21+/m1/s1. The van der Waals surface area contributed by atoms with Crippen LogP contribution in [0.4, 0.5) is 4.79 Å². The average Bonchev–Trinajstić information content (AvgIpc) is 2.82. The number of nitrogens with one attached hydrogen (secondary N) is 1. The number of aliphatic hydroxyl groups excluding tert-OH is 2. The molecule has 1 aliphatic rings. The van der Waals surface area contributed by atoms with Gasteiger partial charge in [-0.15, -0.1) is 0 Å². The smallest absolute Gasteiger partial charge is 0.407 e. The molecule has 0 aliphatic carbocycles. The molecule has 3 rings (SSSR count). The zero-order valence-corrected chi connectivity index (χ0v) is 20.3. The van der Waals surface area contributed by atoms with Crippen molar-refractivity contribution in [2.45, 2.75) is 47.7 Å². The molecule has 3 N–H and O–H groups in total. The Morgan fingerprint density at radius 2 is 1.47 bits per heavy atom. The Hall–Kier alpha value is -1.62. The van der Waals surface area contributed by atoms with Crippen LogP contribution in [0.25, 0.3) is 0 Å². The van der Waals surface area contributed by atoms with E-state index in [0.717, 1.165) is 11.1 Å². The molecule has 186 valence electrons. The highest BCUT2D eigenvalue weighted by atomic mass is 35.6. The summed E-state index contributed by atoms with van der Waals surface area (Å²) in [5, 5.41) is 23.0. The SMILES string of the molecule is O=C(NC1C(OCc2ccccc2)[C@H](OCc2ccccc2)C(CO)O[C@@H]1O)OCC(Cl)(Cl)Cl. The maximum atomic E-state index is 12.3. The number of amides is 1. The van der Waals surface area contributed by atoms with Crippen LogP contribution in [0, 0.1) is 0 Å². The number of rotatable bonds is 9. The molecule has 1 aliphatic heterocycles. The molecule has 1 fully saturated rings. The maximum absolute atomic E-state index is 12.3. The number of hydrogen-bond acceptors (Lipinski definition) is 7. The Kier molecular flexibility index (Phi) is 10.2. The number of halogens is 3. The number of carbonyl (C=O) groups excluding carboxylic acids is 1. The van der Waals surface area contributed by atoms with Crippen molar-refractivity contribution >= 4 is 40.9 Å². The summed E-state index contributed by atoms with van der Waals surface area (Å²) in [6.45, 7) is -0.595. The second-order valence-corrected chi connectivity index (χ2v) is 10.1. The molecular weight excluding hydrogens is 509 g/mol. The van der Waals surface area contributed by atoms with E-state index in [2.05, 4.69) is 5.32 Å². The first kappa shape index (κ1) is 27.0. The van der Waals surface area contributed by atoms with Gasteiger partial charge in [-0.3, -0.25) is 0 Å². The molecule has 2 aromatic carbocycles. The summed E-state index contributed by atoms with van der Waals surface area (Å²) in [5.74, 6) is 0. The van der Waals surface area contributed by atoms with Gasteiger partial charge in [0.1, 0.15) is 31.0 Å². The first-order valence-corrected chi connectivity index (χ1v) is 11.7. The van der Waals surface area contributed by atoms with Gasteiger partial charge in [0.15, 0.2) is 6.29 Å². The second kappa shape index (κ2) is 12.9. The highest BCUT2D eigenvalue weighted by Gasteiger charge is 2.48. The van der Waals surface area contributed by atoms with Crippen molar-refractivity contribution in [3.8, 4) is 0 Å². The minimum Gasteiger partial charge on any atom is -0.445 e. The number of alkyl halides is 3. The van der Waals surface area contributed by atoms with Gasteiger partial charge in [-0.05, 0) is 11.1 Å². The van der Waals surface area contributed by atoms with Gasteiger partial charge in [0.2, 0.25) is 3.79 Å². The number of ether oxygens (including phenoxy) is 4. The Bertz CT molecular complexity index is 885. The van der Waals surface area contributed by atoms with Crippen LogP contribution in [0.2, 0.25) is 0 Å². The lowest BCUT2D eigenvalue weighted by Crippen LogP contribution is -2.65. The van der Waals surface area contributed by atoms with Crippen LogP contribution >= 0.6 is 34.8 Å². The van der Waals surface area contributed by atoms with Crippen molar-refractivity contribution in [1.82, 2.24) is 5.32 Å². The van der Waals surface area contributed by atoms with E-state index in [9.17, 15) is 15.0 Å². The summed E-state index contributed by atoms with van der Waals surface area (Å²) in [5.41, 5.74) is 1.75. The predicted octanol–water partition coefficient (Wildman–Crippen LogP) is 3.33. The molecule has 1 heterocycles. The fourth-order valence-electron chi connectivity index (χ4n) is 3.48. The topological polar surface area (TPSA) is 106 Å². The lowest BCUT2D eigenvalue weighted by molar-refractivity contribution is -0.274. The highest BCUT2D eigenvalue weighted by molar-refractivity contribution is 6.67. The van der Waals surface area contributed by atoms with Gasteiger partial charge in [-0.25, -0.2) is 4.79 Å². The van der Waals surface area contributed by atoms with Gasteiger partial charge in [0, 0.05) is 0 Å². The number of hydrogen-bond donors (Lipinski definition) is 3. The molecule has 0 saturated carbocycles. The van der Waals surface area contributed by atoms with E-state index in [1.807, 2.05) is 60.7 Å². The van der Waals surface area contributed by atoms with Crippen LogP contribution in [0.1, 0.15) is 11.1 Å². The molecule has 2 aromatic rings. The summed E-state index contributed by atoms with van der Waals surface area (Å²) < 4.78 is 20.8. The second-order valence-electron chi connectivity index (χ2n) is 7.63. The Balaban J connectivity index is 1.79. The summed E-state index contributed by atoms with van der Waals surface area (Å²) in [6, 6.07) is 17.6. The van der Waals surface area contributed by atoms with E-state index in [1.54, 1.807) is 0 Å². The lowest BCUT2D eigenvalue weighted by atomic mass is 9.96. The van der Waals surface area contributed by atoms with Crippen molar-refractivity contribution in [2.75, 3.05) is 13.2 Å². The van der Waals surface area contributed by atoms with Gasteiger partial charge < -0.3 is 34.5 Å². The fourth-order valence-corrected chi connectivity index (χ4v) is 3.64. The van der Waals surface area contributed by atoms with Crippen molar-refractivity contribution in [3.05, 3.63) is 71.8 Å². The summed E-state index contributed by atoms with van der Waals surface area (Å²) in [6.07, 6.45) is -5.12. The Morgan fingerprint density at radius 3 is 1.97 bits per heavy atom. The average molecular weight is 535 g/mol. The highest BCUT2D eigenvalue weighted by Crippen LogP contribution is 2.28. The monoisotopic (exact) mass is 533 g/mol. The summed E-state index contributed by atoms with van der Waals surface area (Å²) >= 11 is 16.9. The van der Waals surface area contributed by atoms with E-state index >= 15 is 0 Å². The molecule has 1 amide bonds. The zero-order chi connectivity index (χ0) is 24.6. The molecule has 34 heavy (non-hydrogen) atoms. The quantitative estimate of drug-likeness (QED) is 0.424. The van der Waals surface area contributed by atoms with Crippen LogP contribution in [0.3, 0.4) is 0 Å². The molecule has 8 nitrogen and oxygen atoms in total. The van der Waals surface area contributed by atoms with Crippen LogP contribution in [-0.4, -0.2) is 64.0 Å². The van der Waals surface area contributed by atoms with Crippen LogP contribution in [0.5, 0.6) is 0 Å². The molecule has 0 aromatic heterocycles. The van der Waals surface area contributed by atoms with E-state index in [1.165, 1.54) is 0 Å². The summed E-state index contributed by atoms with van der Waals surface area (Å²) in [7, 11) is 0. The van der Waals surface area contributed by atoms with Gasteiger partial charge in [0.05, 0.1) is 19.8 Å². The number of benzene rings is 2. The molecule has 0 spiro atoms. The largest absolute Gasteiger partial charge is 0.445 e. The van der Waals surface area contributed by atoms with E-state index < -0.39 is 53.7 Å². The van der Waals surface area contributed by atoms with Gasteiger partial charge >= 0.3 is 6.09 Å². The van der Waals surface area contributed by atoms with Crippen LogP contribution in [-0.2, 0) is 32.2 Å². The molecule has 1 saturated heterocycles. The first-order valence-electron chi connectivity index (χ1n) is 10.5. The number of alkyl carbamates (subject to hydrolysis) is 1. The van der Waals surface area contributed by atoms with Crippen molar-refractivity contribution in [1.29, 1.82) is 0 Å². The van der Waals surface area contributed by atoms with Crippen molar-refractivity contribution in [2.24, 2.45) is 0 Å². The molecule has 0 radical (unpaired) electrons. The molecule has 11 heteroatoms. The van der Waals surface area contributed by atoms with Gasteiger partial charge in [0.25, 0.3) is 0 Å². The third-order valence-corrected chi connectivity index (χ3v) is 5.39. The normalized spacial score (nSPS) is 25.0. The van der Waals surface area contributed by atoms with Crippen LogP contribution in [0.15, 0.2) is 60.7 Å².